The summed E-state index contributed by atoms with van der Waals surface area (Å²) >= 11 is 0. The maximum atomic E-state index is 11.4. The molecule has 3 nitrogen and oxygen atoms in total. The van der Waals surface area contributed by atoms with Crippen molar-refractivity contribution in [2.75, 3.05) is 0 Å². The molecule has 0 aromatic carbocycles. The van der Waals surface area contributed by atoms with Crippen molar-refractivity contribution in [1.82, 2.24) is 0 Å². The van der Waals surface area contributed by atoms with Gasteiger partial charge in [0.05, 0.1) is 12.2 Å². The van der Waals surface area contributed by atoms with E-state index in [-0.39, 0.29) is 11.0 Å². The van der Waals surface area contributed by atoms with Gasteiger partial charge in [-0.1, -0.05) is 38.0 Å². The number of fused-ring (bicyclic) bond motifs is 5. The molecule has 0 aromatic rings. The van der Waals surface area contributed by atoms with E-state index in [0.717, 1.165) is 49.2 Å². The Kier molecular flexibility index (Phi) is 6.38. The first-order valence-corrected chi connectivity index (χ1v) is 13.9. The van der Waals surface area contributed by atoms with Gasteiger partial charge in [0.2, 0.25) is 0 Å². The number of hydrogen-bond donors (Lipinski definition) is 2. The highest BCUT2D eigenvalue weighted by Gasteiger charge is 2.63. The van der Waals surface area contributed by atoms with Crippen LogP contribution < -0.4 is 5.73 Å². The van der Waals surface area contributed by atoms with Gasteiger partial charge < -0.3 is 10.8 Å². The average molecular weight is 449 g/mol. The van der Waals surface area contributed by atoms with Gasteiger partial charge in [-0.15, -0.1) is 0 Å². The third-order valence-corrected chi connectivity index (χ3v) is 11.0. The van der Waals surface area contributed by atoms with Crippen LogP contribution in [0.25, 0.3) is 0 Å². The van der Waals surface area contributed by atoms with E-state index in [1.54, 1.807) is 5.57 Å². The lowest BCUT2D eigenvalue weighted by Crippen LogP contribution is -2.68. The molecule has 0 aliphatic heterocycles. The summed E-state index contributed by atoms with van der Waals surface area (Å²) in [6, 6.07) is 2.33. The highest BCUT2D eigenvalue weighted by atomic mass is 16.3. The summed E-state index contributed by atoms with van der Waals surface area (Å²) in [4.78, 5) is 0. The van der Waals surface area contributed by atoms with Crippen molar-refractivity contribution in [2.45, 2.75) is 115 Å². The minimum Gasteiger partial charge on any atom is -0.389 e. The zero-order valence-corrected chi connectivity index (χ0v) is 20.7. The molecule has 33 heavy (non-hydrogen) atoms. The van der Waals surface area contributed by atoms with E-state index in [0.29, 0.717) is 23.3 Å². The van der Waals surface area contributed by atoms with Crippen LogP contribution in [0.4, 0.5) is 0 Å². The summed E-state index contributed by atoms with van der Waals surface area (Å²) in [7, 11) is 0. The van der Waals surface area contributed by atoms with Crippen LogP contribution >= 0.6 is 0 Å². The Hall–Kier alpha value is -1.37. The van der Waals surface area contributed by atoms with Crippen molar-refractivity contribution in [2.24, 2.45) is 34.8 Å². The molecule has 0 bridgehead atoms. The SMILES string of the molecule is C=C(C#N)/C(CCC=C1CCCC1)=C1\C(O)CC2C1CCC1(N)C2CCC2CCCCC21C. The highest BCUT2D eigenvalue weighted by molar-refractivity contribution is 5.46. The molecule has 3 heteroatoms. The van der Waals surface area contributed by atoms with E-state index < -0.39 is 6.10 Å². The average Bonchev–Trinajstić information content (AvgIpc) is 3.44. The van der Waals surface area contributed by atoms with E-state index in [1.165, 1.54) is 64.2 Å². The third kappa shape index (κ3) is 3.77. The second-order valence-electron chi connectivity index (χ2n) is 12.3. The molecule has 5 rings (SSSR count). The molecule has 0 aromatic heterocycles. The Morgan fingerprint density at radius 3 is 2.70 bits per heavy atom. The van der Waals surface area contributed by atoms with Gasteiger partial charge in [0.1, 0.15) is 0 Å². The van der Waals surface area contributed by atoms with Gasteiger partial charge in [0.25, 0.3) is 0 Å². The summed E-state index contributed by atoms with van der Waals surface area (Å²) in [5.74, 6) is 2.12. The summed E-state index contributed by atoms with van der Waals surface area (Å²) in [6.45, 7) is 6.63. The first-order chi connectivity index (χ1) is 15.9. The van der Waals surface area contributed by atoms with E-state index in [2.05, 4.69) is 25.6 Å². The molecule has 7 atom stereocenters. The number of nitrogens with zero attached hydrogens (tertiary/aromatic N) is 1. The first kappa shape index (κ1) is 23.4. The fraction of sp³-hybridized carbons (Fsp3) is 0.767. The fourth-order valence-electron chi connectivity index (χ4n) is 9.26. The quantitative estimate of drug-likeness (QED) is 0.370. The van der Waals surface area contributed by atoms with Crippen molar-refractivity contribution < 1.29 is 5.11 Å². The van der Waals surface area contributed by atoms with Gasteiger partial charge in [-0.3, -0.25) is 0 Å². The molecule has 0 radical (unpaired) electrons. The summed E-state index contributed by atoms with van der Waals surface area (Å²) in [5, 5.41) is 21.1. The first-order valence-electron chi connectivity index (χ1n) is 13.9. The van der Waals surface area contributed by atoms with Crippen LogP contribution in [0.15, 0.2) is 34.9 Å². The number of nitrogens with two attached hydrogens (primary N) is 1. The number of aliphatic hydroxyl groups is 1. The summed E-state index contributed by atoms with van der Waals surface area (Å²) < 4.78 is 0. The number of hydrogen-bond acceptors (Lipinski definition) is 3. The lowest BCUT2D eigenvalue weighted by atomic mass is 9.43. The van der Waals surface area contributed by atoms with Crippen LogP contribution in [0.3, 0.4) is 0 Å². The van der Waals surface area contributed by atoms with Crippen LogP contribution in [0, 0.1) is 40.4 Å². The number of allylic oxidation sites excluding steroid dienone is 4. The standard InChI is InChI=1S/C30H44N2O/c1-20(19-31)23(12-7-10-21-8-3-4-9-21)28-24-15-17-30(32)26(25(24)18-27(28)33)14-13-22-11-5-6-16-29(22,30)2/h10,22,24-27,33H,1,3-9,11-18,32H2,2H3/b28-23-. The predicted molar refractivity (Wildman–Crippen MR) is 134 cm³/mol. The maximum absolute atomic E-state index is 11.4. The minimum atomic E-state index is -0.432. The van der Waals surface area contributed by atoms with Crippen molar-refractivity contribution in [1.29, 1.82) is 5.26 Å². The van der Waals surface area contributed by atoms with Crippen molar-refractivity contribution in [3.63, 3.8) is 0 Å². The number of nitriles is 1. The molecule has 0 spiro atoms. The maximum Gasteiger partial charge on any atom is 0.0988 e. The van der Waals surface area contributed by atoms with Crippen LogP contribution in [-0.4, -0.2) is 16.7 Å². The molecule has 5 fully saturated rings. The van der Waals surface area contributed by atoms with Gasteiger partial charge in [0.15, 0.2) is 0 Å². The van der Waals surface area contributed by atoms with Crippen molar-refractivity contribution in [3.05, 3.63) is 34.9 Å². The smallest absolute Gasteiger partial charge is 0.0988 e. The number of rotatable bonds is 4. The van der Waals surface area contributed by atoms with Gasteiger partial charge >= 0.3 is 0 Å². The molecule has 180 valence electrons. The van der Waals surface area contributed by atoms with Gasteiger partial charge in [-0.25, -0.2) is 0 Å². The van der Waals surface area contributed by atoms with E-state index in [1.807, 2.05) is 0 Å². The van der Waals surface area contributed by atoms with Crippen LogP contribution in [0.2, 0.25) is 0 Å². The van der Waals surface area contributed by atoms with Gasteiger partial charge in [-0.05, 0) is 124 Å². The Morgan fingerprint density at radius 1 is 1.15 bits per heavy atom. The normalized spacial score (nSPS) is 43.8. The molecular weight excluding hydrogens is 404 g/mol. The summed E-state index contributed by atoms with van der Waals surface area (Å²) in [6.07, 6.45) is 19.7. The molecule has 3 N–H and O–H groups in total. The van der Waals surface area contributed by atoms with Gasteiger partial charge in [0, 0.05) is 11.1 Å². The van der Waals surface area contributed by atoms with E-state index in [9.17, 15) is 10.4 Å². The molecule has 0 heterocycles. The van der Waals surface area contributed by atoms with E-state index in [4.69, 9.17) is 5.73 Å². The van der Waals surface area contributed by atoms with Gasteiger partial charge in [-0.2, -0.15) is 5.26 Å². The molecule has 7 unspecified atom stereocenters. The zero-order valence-electron chi connectivity index (χ0n) is 20.7. The Bertz CT molecular complexity index is 885. The molecule has 5 aliphatic carbocycles. The second kappa shape index (κ2) is 9.01. The Morgan fingerprint density at radius 2 is 1.94 bits per heavy atom. The fourth-order valence-corrected chi connectivity index (χ4v) is 9.26. The molecule has 5 aliphatic rings. The zero-order chi connectivity index (χ0) is 23.2. The Balaban J connectivity index is 1.43. The monoisotopic (exact) mass is 448 g/mol. The lowest BCUT2D eigenvalue weighted by Gasteiger charge is -2.64. The molecule has 5 saturated carbocycles. The predicted octanol–water partition coefficient (Wildman–Crippen LogP) is 6.74. The topological polar surface area (TPSA) is 70.0 Å². The van der Waals surface area contributed by atoms with Crippen LogP contribution in [-0.2, 0) is 0 Å². The second-order valence-corrected chi connectivity index (χ2v) is 12.3. The van der Waals surface area contributed by atoms with Crippen molar-refractivity contribution >= 4 is 0 Å². The summed E-state index contributed by atoms with van der Waals surface area (Å²) in [5.41, 5.74) is 12.0. The number of aliphatic hydroxyl groups excluding tert-OH is 1. The van der Waals surface area contributed by atoms with Crippen LogP contribution in [0.5, 0.6) is 0 Å². The lowest BCUT2D eigenvalue weighted by molar-refractivity contribution is -0.103. The van der Waals surface area contributed by atoms with Crippen molar-refractivity contribution in [3.8, 4) is 6.07 Å². The Labute approximate surface area is 201 Å². The minimum absolute atomic E-state index is 0.0913. The third-order valence-electron chi connectivity index (χ3n) is 11.0. The van der Waals surface area contributed by atoms with E-state index >= 15 is 0 Å². The molecule has 0 saturated heterocycles. The van der Waals surface area contributed by atoms with Crippen LogP contribution in [0.1, 0.15) is 103 Å². The largest absolute Gasteiger partial charge is 0.389 e. The highest BCUT2D eigenvalue weighted by Crippen LogP contribution is 2.65. The molecule has 0 amide bonds. The molecular formula is C30H44N2O.